The van der Waals surface area contributed by atoms with Gasteiger partial charge in [0, 0.05) is 12.7 Å². The number of aromatic nitrogens is 4. The van der Waals surface area contributed by atoms with Gasteiger partial charge in [-0.15, -0.1) is 0 Å². The zero-order valence-corrected chi connectivity index (χ0v) is 7.64. The second-order valence-electron chi connectivity index (χ2n) is 2.86. The van der Waals surface area contributed by atoms with Gasteiger partial charge in [-0.05, 0) is 12.1 Å². The molecule has 0 aliphatic heterocycles. The summed E-state index contributed by atoms with van der Waals surface area (Å²) in [6.45, 7) is 1.41. The molecule has 2 aromatic rings. The van der Waals surface area contributed by atoms with Crippen molar-refractivity contribution in [2.75, 3.05) is 0 Å². The molecule has 0 atom stereocenters. The van der Waals surface area contributed by atoms with Crippen LogP contribution in [-0.4, -0.2) is 20.2 Å². The van der Waals surface area contributed by atoms with E-state index in [1.807, 2.05) is 18.2 Å². The Morgan fingerprint density at radius 3 is 2.93 bits per heavy atom. The van der Waals surface area contributed by atoms with Crippen LogP contribution in [0.2, 0.25) is 0 Å². The predicted molar refractivity (Wildman–Crippen MR) is 51.2 cm³/mol. The average molecular weight is 189 g/mol. The predicted octanol–water partition coefficient (Wildman–Crippen LogP) is 0.489. The highest BCUT2D eigenvalue weighted by molar-refractivity contribution is 5.02. The Bertz CT molecular complexity index is 356. The molecule has 2 heterocycles. The van der Waals surface area contributed by atoms with E-state index < -0.39 is 0 Å². The molecule has 0 amide bonds. The zero-order chi connectivity index (χ0) is 9.64. The molecular weight excluding hydrogens is 178 g/mol. The molecular formula is C9H11N5. The van der Waals surface area contributed by atoms with Crippen molar-refractivity contribution in [3.8, 4) is 0 Å². The van der Waals surface area contributed by atoms with Crippen LogP contribution in [0, 0.1) is 0 Å². The molecule has 0 fully saturated rings. The highest BCUT2D eigenvalue weighted by Crippen LogP contribution is 1.92. The number of aromatic amines is 1. The molecule has 5 nitrogen and oxygen atoms in total. The summed E-state index contributed by atoms with van der Waals surface area (Å²) in [4.78, 5) is 8.19. The van der Waals surface area contributed by atoms with E-state index in [0.717, 1.165) is 18.1 Å². The van der Waals surface area contributed by atoms with Crippen molar-refractivity contribution in [1.82, 2.24) is 25.5 Å². The molecule has 0 aliphatic carbocycles. The topological polar surface area (TPSA) is 66.5 Å². The standard InChI is InChI=1S/C9H11N5/c1-2-4-11-8(3-1)5-10-6-9-12-7-13-14-9/h1-4,7,10H,5-6H2,(H,12,13,14). The summed E-state index contributed by atoms with van der Waals surface area (Å²) in [5, 5.41) is 9.74. The number of hydrogen-bond donors (Lipinski definition) is 2. The Labute approximate surface area is 81.6 Å². The minimum atomic E-state index is 0.677. The molecule has 14 heavy (non-hydrogen) atoms. The maximum absolute atomic E-state index is 4.19. The van der Waals surface area contributed by atoms with E-state index in [4.69, 9.17) is 0 Å². The molecule has 0 aliphatic rings. The fourth-order valence-electron chi connectivity index (χ4n) is 1.13. The first-order chi connectivity index (χ1) is 6.95. The van der Waals surface area contributed by atoms with Gasteiger partial charge in [0.25, 0.3) is 0 Å². The van der Waals surface area contributed by atoms with Crippen LogP contribution in [0.4, 0.5) is 0 Å². The van der Waals surface area contributed by atoms with Gasteiger partial charge < -0.3 is 5.32 Å². The smallest absolute Gasteiger partial charge is 0.138 e. The highest BCUT2D eigenvalue weighted by Gasteiger charge is 1.95. The second kappa shape index (κ2) is 4.48. The third-order valence-corrected chi connectivity index (χ3v) is 1.79. The normalized spacial score (nSPS) is 10.3. The van der Waals surface area contributed by atoms with Crippen molar-refractivity contribution in [2.24, 2.45) is 0 Å². The van der Waals surface area contributed by atoms with Crippen molar-refractivity contribution in [2.45, 2.75) is 13.1 Å². The van der Waals surface area contributed by atoms with E-state index in [1.54, 1.807) is 6.20 Å². The molecule has 0 saturated heterocycles. The summed E-state index contributed by atoms with van der Waals surface area (Å²) in [5.74, 6) is 0.834. The van der Waals surface area contributed by atoms with Crippen LogP contribution in [-0.2, 0) is 13.1 Å². The van der Waals surface area contributed by atoms with Crippen molar-refractivity contribution in [3.63, 3.8) is 0 Å². The molecule has 0 aromatic carbocycles. The van der Waals surface area contributed by atoms with Crippen molar-refractivity contribution in [3.05, 3.63) is 42.2 Å². The Morgan fingerprint density at radius 2 is 2.21 bits per heavy atom. The van der Waals surface area contributed by atoms with E-state index >= 15 is 0 Å². The average Bonchev–Trinajstić information content (AvgIpc) is 2.72. The number of pyridine rings is 1. The molecule has 0 radical (unpaired) electrons. The molecule has 0 unspecified atom stereocenters. The fourth-order valence-corrected chi connectivity index (χ4v) is 1.13. The van der Waals surface area contributed by atoms with Crippen LogP contribution in [0.1, 0.15) is 11.5 Å². The molecule has 72 valence electrons. The van der Waals surface area contributed by atoms with Gasteiger partial charge in [0.05, 0.1) is 12.2 Å². The van der Waals surface area contributed by atoms with Gasteiger partial charge in [0.15, 0.2) is 0 Å². The molecule has 2 aromatic heterocycles. The van der Waals surface area contributed by atoms with E-state index in [2.05, 4.69) is 25.5 Å². The zero-order valence-electron chi connectivity index (χ0n) is 7.64. The van der Waals surface area contributed by atoms with Crippen molar-refractivity contribution >= 4 is 0 Å². The Kier molecular flexibility index (Phi) is 2.82. The number of nitrogens with one attached hydrogen (secondary N) is 2. The summed E-state index contributed by atoms with van der Waals surface area (Å²) < 4.78 is 0. The first-order valence-corrected chi connectivity index (χ1v) is 4.40. The third kappa shape index (κ3) is 2.37. The molecule has 2 rings (SSSR count). The van der Waals surface area contributed by atoms with Gasteiger partial charge in [-0.2, -0.15) is 5.10 Å². The van der Waals surface area contributed by atoms with E-state index in [-0.39, 0.29) is 0 Å². The molecule has 0 spiro atoms. The van der Waals surface area contributed by atoms with Crippen LogP contribution < -0.4 is 5.32 Å². The van der Waals surface area contributed by atoms with Crippen molar-refractivity contribution < 1.29 is 0 Å². The van der Waals surface area contributed by atoms with Gasteiger partial charge >= 0.3 is 0 Å². The molecule has 0 bridgehead atoms. The summed E-state index contributed by atoms with van der Waals surface area (Å²) in [7, 11) is 0. The minimum absolute atomic E-state index is 0.677. The van der Waals surface area contributed by atoms with Gasteiger partial charge in [-0.25, -0.2) is 4.98 Å². The third-order valence-electron chi connectivity index (χ3n) is 1.79. The second-order valence-corrected chi connectivity index (χ2v) is 2.86. The van der Waals surface area contributed by atoms with E-state index in [9.17, 15) is 0 Å². The maximum Gasteiger partial charge on any atom is 0.138 e. The number of nitrogens with zero attached hydrogens (tertiary/aromatic N) is 3. The van der Waals surface area contributed by atoms with Gasteiger partial charge in [0.1, 0.15) is 12.2 Å². The molecule has 5 heteroatoms. The Morgan fingerprint density at radius 1 is 1.21 bits per heavy atom. The van der Waals surface area contributed by atoms with E-state index in [1.165, 1.54) is 6.33 Å². The SMILES string of the molecule is c1ccc(CNCc2ncn[nH]2)nc1. The summed E-state index contributed by atoms with van der Waals surface area (Å²) in [6.07, 6.45) is 3.28. The van der Waals surface area contributed by atoms with Gasteiger partial charge in [-0.1, -0.05) is 6.07 Å². The lowest BCUT2D eigenvalue weighted by Crippen LogP contribution is -2.14. The minimum Gasteiger partial charge on any atom is -0.304 e. The highest BCUT2D eigenvalue weighted by atomic mass is 15.2. The van der Waals surface area contributed by atoms with Crippen LogP contribution >= 0.6 is 0 Å². The summed E-state index contributed by atoms with van der Waals surface area (Å²) >= 11 is 0. The van der Waals surface area contributed by atoms with Crippen LogP contribution in [0.15, 0.2) is 30.7 Å². The molecule has 0 saturated carbocycles. The van der Waals surface area contributed by atoms with Gasteiger partial charge in [-0.3, -0.25) is 10.1 Å². The monoisotopic (exact) mass is 189 g/mol. The number of rotatable bonds is 4. The number of H-pyrrole nitrogens is 1. The first-order valence-electron chi connectivity index (χ1n) is 4.40. The maximum atomic E-state index is 4.19. The number of hydrogen-bond acceptors (Lipinski definition) is 4. The van der Waals surface area contributed by atoms with E-state index in [0.29, 0.717) is 6.54 Å². The van der Waals surface area contributed by atoms with Crippen LogP contribution in [0.25, 0.3) is 0 Å². The van der Waals surface area contributed by atoms with Crippen molar-refractivity contribution in [1.29, 1.82) is 0 Å². The van der Waals surface area contributed by atoms with Crippen LogP contribution in [0.5, 0.6) is 0 Å². The first kappa shape index (κ1) is 8.83. The quantitative estimate of drug-likeness (QED) is 0.734. The lowest BCUT2D eigenvalue weighted by atomic mass is 10.3. The largest absolute Gasteiger partial charge is 0.304 e. The lowest BCUT2D eigenvalue weighted by Gasteiger charge is -2.00. The van der Waals surface area contributed by atoms with Gasteiger partial charge in [0.2, 0.25) is 0 Å². The van der Waals surface area contributed by atoms with Crippen LogP contribution in [0.3, 0.4) is 0 Å². The molecule has 2 N–H and O–H groups in total. The summed E-state index contributed by atoms with van der Waals surface area (Å²) in [5.41, 5.74) is 1.02. The Hall–Kier alpha value is -1.75. The lowest BCUT2D eigenvalue weighted by molar-refractivity contribution is 0.654. The summed E-state index contributed by atoms with van der Waals surface area (Å²) in [6, 6.07) is 5.85. The Balaban J connectivity index is 1.79. The fraction of sp³-hybridized carbons (Fsp3) is 0.222.